The number of carbonyl (C=O) groups is 2. The van der Waals surface area contributed by atoms with E-state index in [1.165, 1.54) is 37.1 Å². The van der Waals surface area contributed by atoms with E-state index < -0.39 is 5.97 Å². The Balaban J connectivity index is 1.99. The van der Waals surface area contributed by atoms with Gasteiger partial charge in [-0.25, -0.2) is 4.79 Å². The van der Waals surface area contributed by atoms with Gasteiger partial charge in [-0.1, -0.05) is 23.2 Å². The molecule has 0 heterocycles. The van der Waals surface area contributed by atoms with Crippen LogP contribution < -0.4 is 5.32 Å². The van der Waals surface area contributed by atoms with Gasteiger partial charge in [-0.15, -0.1) is 11.8 Å². The van der Waals surface area contributed by atoms with Crippen LogP contribution >= 0.6 is 35.0 Å². The summed E-state index contributed by atoms with van der Waals surface area (Å²) in [5.41, 5.74) is 0.689. The summed E-state index contributed by atoms with van der Waals surface area (Å²) < 4.78 is 4.64. The first-order valence-corrected chi connectivity index (χ1v) is 8.30. The first-order valence-electron chi connectivity index (χ1n) is 6.55. The Bertz CT molecular complexity index is 720. The molecule has 2 rings (SSSR count). The molecule has 0 fully saturated rings. The van der Waals surface area contributed by atoms with Crippen molar-refractivity contribution in [1.82, 2.24) is 0 Å². The molecule has 0 bridgehead atoms. The van der Waals surface area contributed by atoms with Crippen LogP contribution in [0.1, 0.15) is 10.4 Å². The van der Waals surface area contributed by atoms with E-state index in [1.54, 1.807) is 12.1 Å². The van der Waals surface area contributed by atoms with Crippen molar-refractivity contribution in [1.29, 1.82) is 0 Å². The Morgan fingerprint density at radius 3 is 2.48 bits per heavy atom. The minimum atomic E-state index is -0.493. The monoisotopic (exact) mass is 369 g/mol. The van der Waals surface area contributed by atoms with Gasteiger partial charge < -0.3 is 10.1 Å². The minimum Gasteiger partial charge on any atom is -0.465 e. The van der Waals surface area contributed by atoms with Crippen LogP contribution in [0.5, 0.6) is 0 Å². The molecule has 0 radical (unpaired) electrons. The molecule has 120 valence electrons. The SMILES string of the molecule is COC(=O)c1ccc(Cl)c(NC(=O)CSc2ccc(Cl)cc2)c1. The maximum absolute atomic E-state index is 12.0. The number of nitrogens with one attached hydrogen (secondary N) is 1. The number of ether oxygens (including phenoxy) is 1. The van der Waals surface area contributed by atoms with Crippen molar-refractivity contribution in [2.45, 2.75) is 4.90 Å². The largest absolute Gasteiger partial charge is 0.465 e. The second-order valence-corrected chi connectivity index (χ2v) is 6.37. The van der Waals surface area contributed by atoms with E-state index >= 15 is 0 Å². The van der Waals surface area contributed by atoms with Gasteiger partial charge in [0.15, 0.2) is 0 Å². The predicted octanol–water partition coefficient (Wildman–Crippen LogP) is 4.51. The lowest BCUT2D eigenvalue weighted by molar-refractivity contribution is -0.113. The average molecular weight is 370 g/mol. The van der Waals surface area contributed by atoms with Crippen LogP contribution in [0.2, 0.25) is 10.0 Å². The average Bonchev–Trinajstić information content (AvgIpc) is 2.55. The number of methoxy groups -OCH3 is 1. The van der Waals surface area contributed by atoms with Gasteiger partial charge in [-0.05, 0) is 42.5 Å². The molecule has 7 heteroatoms. The molecule has 0 atom stereocenters. The van der Waals surface area contributed by atoms with E-state index in [0.29, 0.717) is 21.3 Å². The van der Waals surface area contributed by atoms with Crippen molar-refractivity contribution in [2.24, 2.45) is 0 Å². The summed E-state index contributed by atoms with van der Waals surface area (Å²) in [7, 11) is 1.29. The first-order chi connectivity index (χ1) is 11.0. The Labute approximate surface area is 148 Å². The highest BCUT2D eigenvalue weighted by atomic mass is 35.5. The lowest BCUT2D eigenvalue weighted by atomic mass is 10.2. The first kappa shape index (κ1) is 17.7. The smallest absolute Gasteiger partial charge is 0.337 e. The zero-order chi connectivity index (χ0) is 16.8. The van der Waals surface area contributed by atoms with Crippen molar-refractivity contribution in [3.05, 3.63) is 58.1 Å². The van der Waals surface area contributed by atoms with Crippen LogP contribution in [-0.2, 0) is 9.53 Å². The van der Waals surface area contributed by atoms with Gasteiger partial charge in [-0.2, -0.15) is 0 Å². The van der Waals surface area contributed by atoms with Crippen LogP contribution in [0.15, 0.2) is 47.4 Å². The van der Waals surface area contributed by atoms with Gasteiger partial charge in [0.05, 0.1) is 29.1 Å². The van der Waals surface area contributed by atoms with Crippen molar-refractivity contribution < 1.29 is 14.3 Å². The second-order valence-electron chi connectivity index (χ2n) is 4.48. The van der Waals surface area contributed by atoms with Crippen LogP contribution in [-0.4, -0.2) is 24.7 Å². The lowest BCUT2D eigenvalue weighted by Gasteiger charge is -2.09. The molecule has 1 N–H and O–H groups in total. The van der Waals surface area contributed by atoms with Gasteiger partial charge in [0, 0.05) is 9.92 Å². The number of anilines is 1. The van der Waals surface area contributed by atoms with Crippen molar-refractivity contribution in [3.63, 3.8) is 0 Å². The number of esters is 1. The fraction of sp³-hybridized carbons (Fsp3) is 0.125. The number of amides is 1. The van der Waals surface area contributed by atoms with Crippen LogP contribution in [0.3, 0.4) is 0 Å². The fourth-order valence-corrected chi connectivity index (χ4v) is 2.72. The molecule has 0 unspecified atom stereocenters. The summed E-state index contributed by atoms with van der Waals surface area (Å²) in [6, 6.07) is 11.8. The van der Waals surface area contributed by atoms with Crippen LogP contribution in [0.4, 0.5) is 5.69 Å². The van der Waals surface area contributed by atoms with Gasteiger partial charge >= 0.3 is 5.97 Å². The highest BCUT2D eigenvalue weighted by Crippen LogP contribution is 2.25. The molecule has 0 aliphatic carbocycles. The van der Waals surface area contributed by atoms with Crippen molar-refractivity contribution in [3.8, 4) is 0 Å². The molecule has 0 aliphatic heterocycles. The minimum absolute atomic E-state index is 0.209. The number of hydrogen-bond donors (Lipinski definition) is 1. The Kier molecular flexibility index (Phi) is 6.33. The van der Waals surface area contributed by atoms with E-state index in [9.17, 15) is 9.59 Å². The summed E-state index contributed by atoms with van der Waals surface area (Å²) in [6.07, 6.45) is 0. The summed E-state index contributed by atoms with van der Waals surface area (Å²) in [6.45, 7) is 0. The molecule has 2 aromatic carbocycles. The maximum atomic E-state index is 12.0. The molecule has 23 heavy (non-hydrogen) atoms. The molecule has 4 nitrogen and oxygen atoms in total. The van der Waals surface area contributed by atoms with E-state index in [0.717, 1.165) is 4.90 Å². The highest BCUT2D eigenvalue weighted by molar-refractivity contribution is 8.00. The molecule has 0 saturated heterocycles. The van der Waals surface area contributed by atoms with E-state index in [-0.39, 0.29) is 11.7 Å². The maximum Gasteiger partial charge on any atom is 0.337 e. The third-order valence-corrected chi connectivity index (χ3v) is 4.44. The Hall–Kier alpha value is -1.69. The molecular formula is C16H13Cl2NO3S. The number of rotatable bonds is 5. The number of benzene rings is 2. The second kappa shape index (κ2) is 8.24. The third kappa shape index (κ3) is 5.16. The Morgan fingerprint density at radius 2 is 1.83 bits per heavy atom. The van der Waals surface area contributed by atoms with Crippen LogP contribution in [0.25, 0.3) is 0 Å². The molecule has 0 spiro atoms. The molecule has 0 aromatic heterocycles. The quantitative estimate of drug-likeness (QED) is 0.622. The molecule has 2 aromatic rings. The molecule has 1 amide bonds. The zero-order valence-corrected chi connectivity index (χ0v) is 14.5. The predicted molar refractivity (Wildman–Crippen MR) is 93.6 cm³/mol. The van der Waals surface area contributed by atoms with Crippen molar-refractivity contribution >= 4 is 52.5 Å². The van der Waals surface area contributed by atoms with Crippen LogP contribution in [0, 0.1) is 0 Å². The van der Waals surface area contributed by atoms with Gasteiger partial charge in [0.1, 0.15) is 0 Å². The fourth-order valence-electron chi connectivity index (χ4n) is 1.73. The van der Waals surface area contributed by atoms with E-state index in [1.807, 2.05) is 12.1 Å². The number of carbonyl (C=O) groups excluding carboxylic acids is 2. The van der Waals surface area contributed by atoms with E-state index in [2.05, 4.69) is 10.1 Å². The van der Waals surface area contributed by atoms with E-state index in [4.69, 9.17) is 23.2 Å². The Morgan fingerprint density at radius 1 is 1.13 bits per heavy atom. The lowest BCUT2D eigenvalue weighted by Crippen LogP contribution is -2.15. The topological polar surface area (TPSA) is 55.4 Å². The summed E-state index contributed by atoms with van der Waals surface area (Å²) in [5.74, 6) is -0.512. The van der Waals surface area contributed by atoms with Gasteiger partial charge in [0.2, 0.25) is 5.91 Å². The summed E-state index contributed by atoms with van der Waals surface area (Å²) >= 11 is 13.2. The summed E-state index contributed by atoms with van der Waals surface area (Å²) in [4.78, 5) is 24.5. The van der Waals surface area contributed by atoms with Crippen molar-refractivity contribution in [2.75, 3.05) is 18.2 Å². The number of thioether (sulfide) groups is 1. The highest BCUT2D eigenvalue weighted by Gasteiger charge is 2.11. The zero-order valence-electron chi connectivity index (χ0n) is 12.1. The number of hydrogen-bond acceptors (Lipinski definition) is 4. The number of halogens is 2. The molecule has 0 saturated carbocycles. The summed E-state index contributed by atoms with van der Waals surface area (Å²) in [5, 5.41) is 3.68. The molecule has 0 aliphatic rings. The molecular weight excluding hydrogens is 357 g/mol. The standard InChI is InChI=1S/C16H13Cl2NO3S/c1-22-16(21)10-2-7-13(18)14(8-10)19-15(20)9-23-12-5-3-11(17)4-6-12/h2-8H,9H2,1H3,(H,19,20). The normalized spacial score (nSPS) is 10.2. The third-order valence-electron chi connectivity index (χ3n) is 2.85. The van der Waals surface area contributed by atoms with Gasteiger partial charge in [-0.3, -0.25) is 4.79 Å². The van der Waals surface area contributed by atoms with Gasteiger partial charge in [0.25, 0.3) is 0 Å².